The topological polar surface area (TPSA) is 118 Å². The molecule has 10 nitrogen and oxygen atoms in total. The molecule has 34 heavy (non-hydrogen) atoms. The highest BCUT2D eigenvalue weighted by Gasteiger charge is 2.25. The summed E-state index contributed by atoms with van der Waals surface area (Å²) >= 11 is 6.38. The Labute approximate surface area is 199 Å². The summed E-state index contributed by atoms with van der Waals surface area (Å²) in [4.78, 5) is 47.2. The Hall–Kier alpha value is -3.66. The summed E-state index contributed by atoms with van der Waals surface area (Å²) in [5, 5.41) is 7.44. The van der Waals surface area contributed by atoms with Crippen LogP contribution in [0.1, 0.15) is 23.2 Å². The summed E-state index contributed by atoms with van der Waals surface area (Å²) in [5.74, 6) is 0.419. The Morgan fingerprint density at radius 1 is 1.26 bits per heavy atom. The van der Waals surface area contributed by atoms with Crippen LogP contribution >= 0.6 is 11.6 Å². The van der Waals surface area contributed by atoms with Crippen molar-refractivity contribution in [3.8, 4) is 0 Å². The Balaban J connectivity index is 1.51. The van der Waals surface area contributed by atoms with Crippen LogP contribution in [-0.4, -0.2) is 53.0 Å². The fourth-order valence-corrected chi connectivity index (χ4v) is 4.50. The van der Waals surface area contributed by atoms with E-state index in [2.05, 4.69) is 20.6 Å². The Morgan fingerprint density at radius 3 is 2.82 bits per heavy atom. The molecule has 0 radical (unpaired) electrons. The van der Waals surface area contributed by atoms with E-state index in [1.54, 1.807) is 19.3 Å². The van der Waals surface area contributed by atoms with E-state index in [-0.39, 0.29) is 18.1 Å². The zero-order valence-electron chi connectivity index (χ0n) is 18.5. The summed E-state index contributed by atoms with van der Waals surface area (Å²) in [5.41, 5.74) is 1.38. The second kappa shape index (κ2) is 8.94. The number of nitrogens with one attached hydrogen (secondary N) is 2. The molecule has 2 aliphatic rings. The van der Waals surface area contributed by atoms with Crippen LogP contribution in [0, 0.1) is 5.92 Å². The van der Waals surface area contributed by atoms with E-state index in [0.717, 1.165) is 19.1 Å². The molecule has 1 fully saturated rings. The van der Waals surface area contributed by atoms with Gasteiger partial charge in [0.15, 0.2) is 5.82 Å². The third-order valence-electron chi connectivity index (χ3n) is 6.25. The number of halogens is 1. The van der Waals surface area contributed by atoms with Gasteiger partial charge in [-0.3, -0.25) is 4.79 Å². The maximum Gasteiger partial charge on any atom is 0.346 e. The number of ether oxygens (including phenoxy) is 1. The van der Waals surface area contributed by atoms with Gasteiger partial charge in [-0.1, -0.05) is 11.6 Å². The minimum atomic E-state index is -0.636. The van der Waals surface area contributed by atoms with Crippen molar-refractivity contribution in [2.75, 3.05) is 41.8 Å². The van der Waals surface area contributed by atoms with Gasteiger partial charge in [0.05, 0.1) is 17.4 Å². The van der Waals surface area contributed by atoms with E-state index in [0.29, 0.717) is 58.7 Å². The van der Waals surface area contributed by atoms with E-state index >= 15 is 0 Å². The van der Waals surface area contributed by atoms with Crippen molar-refractivity contribution in [3.63, 3.8) is 0 Å². The van der Waals surface area contributed by atoms with Crippen molar-refractivity contribution in [2.45, 2.75) is 12.8 Å². The number of piperidine rings is 1. The Kier molecular flexibility index (Phi) is 5.82. The third-order valence-corrected chi connectivity index (χ3v) is 6.52. The number of esters is 1. The lowest BCUT2D eigenvalue weighted by molar-refractivity contribution is -0.111. The molecule has 0 unspecified atom stereocenters. The van der Waals surface area contributed by atoms with Gasteiger partial charge in [0.25, 0.3) is 5.56 Å². The molecule has 0 saturated carbocycles. The summed E-state index contributed by atoms with van der Waals surface area (Å²) in [6.07, 6.45) is 4.09. The molecule has 0 aliphatic carbocycles. The number of carbonyl (C=O) groups is 2. The summed E-state index contributed by atoms with van der Waals surface area (Å²) in [7, 11) is 1.62. The van der Waals surface area contributed by atoms with Gasteiger partial charge in [-0.25, -0.2) is 9.78 Å². The van der Waals surface area contributed by atoms with E-state index in [1.165, 1.54) is 4.57 Å². The zero-order valence-corrected chi connectivity index (χ0v) is 19.3. The average Bonchev–Trinajstić information content (AvgIpc) is 3.05. The number of hydrogen-bond donors (Lipinski definition) is 2. The van der Waals surface area contributed by atoms with Crippen LogP contribution in [0.25, 0.3) is 10.9 Å². The first-order valence-corrected chi connectivity index (χ1v) is 11.4. The molecule has 2 N–H and O–H groups in total. The number of nitrogens with zero attached hydrogens (tertiary/aromatic N) is 4. The van der Waals surface area contributed by atoms with Crippen LogP contribution < -0.4 is 21.1 Å². The Morgan fingerprint density at radius 2 is 2.06 bits per heavy atom. The van der Waals surface area contributed by atoms with Gasteiger partial charge in [0.1, 0.15) is 23.5 Å². The minimum Gasteiger partial charge on any atom is -0.460 e. The number of pyridine rings is 1. The second-order valence-corrected chi connectivity index (χ2v) is 8.77. The lowest BCUT2D eigenvalue weighted by Gasteiger charge is -2.29. The van der Waals surface area contributed by atoms with E-state index in [9.17, 15) is 14.4 Å². The monoisotopic (exact) mass is 482 g/mol. The van der Waals surface area contributed by atoms with E-state index in [4.69, 9.17) is 16.3 Å². The first-order chi connectivity index (χ1) is 16.5. The molecule has 2 aromatic heterocycles. The van der Waals surface area contributed by atoms with E-state index in [1.807, 2.05) is 17.0 Å². The van der Waals surface area contributed by atoms with Crippen molar-refractivity contribution < 1.29 is 14.3 Å². The molecule has 0 bridgehead atoms. The molecule has 1 aromatic carbocycles. The fourth-order valence-electron chi connectivity index (χ4n) is 4.36. The maximum atomic E-state index is 12.8. The van der Waals surface area contributed by atoms with Crippen molar-refractivity contribution in [1.29, 1.82) is 0 Å². The summed E-state index contributed by atoms with van der Waals surface area (Å²) < 4.78 is 6.59. The molecule has 0 atom stereocenters. The molecular weight excluding hydrogens is 460 g/mol. The Bertz CT molecular complexity index is 1350. The van der Waals surface area contributed by atoms with Crippen LogP contribution in [0.2, 0.25) is 5.02 Å². The van der Waals surface area contributed by atoms with Crippen molar-refractivity contribution in [3.05, 3.63) is 45.3 Å². The van der Waals surface area contributed by atoms with Crippen LogP contribution in [0.4, 0.5) is 23.1 Å². The van der Waals surface area contributed by atoms with Crippen molar-refractivity contribution >= 4 is 57.9 Å². The number of cyclic esters (lactones) is 1. The number of fused-ring (bicyclic) bond motifs is 3. The fraction of sp³-hybridized carbons (Fsp3) is 0.348. The molecule has 176 valence electrons. The lowest BCUT2D eigenvalue weighted by atomic mass is 9.99. The molecule has 1 saturated heterocycles. The normalized spacial score (nSPS) is 16.4. The first-order valence-electron chi connectivity index (χ1n) is 11.0. The number of carbonyl (C=O) groups excluding carboxylic acids is 2. The third kappa shape index (κ3) is 3.94. The minimum absolute atomic E-state index is 0.00858. The number of anilines is 4. The molecule has 11 heteroatoms. The molecule has 3 aromatic rings. The quantitative estimate of drug-likeness (QED) is 0.427. The van der Waals surface area contributed by atoms with Crippen molar-refractivity contribution in [1.82, 2.24) is 14.5 Å². The SMILES string of the molecule is Cn1c(=O)c2c(c3cc(Nc4nc(N5CCC(C=O)CC5)ncc4Cl)ccc31)NCCOC2=O. The zero-order chi connectivity index (χ0) is 23.8. The van der Waals surface area contributed by atoms with Gasteiger partial charge in [-0.15, -0.1) is 0 Å². The summed E-state index contributed by atoms with van der Waals surface area (Å²) in [6.45, 7) is 1.98. The highest BCUT2D eigenvalue weighted by Crippen LogP contribution is 2.32. The van der Waals surface area contributed by atoms with E-state index < -0.39 is 11.5 Å². The maximum absolute atomic E-state index is 12.8. The van der Waals surface area contributed by atoms with Gasteiger partial charge < -0.3 is 29.6 Å². The number of aldehydes is 1. The standard InChI is InChI=1S/C23H23ClN6O4/c1-29-17-3-2-14(10-15(17)19-18(21(29)32)22(33)34-9-6-25-19)27-20-16(24)11-26-23(28-20)30-7-4-13(12-31)5-8-30/h2-3,10-13,25H,4-9H2,1H3,(H,26,27,28). The van der Waals surface area contributed by atoms with Gasteiger partial charge in [0.2, 0.25) is 5.95 Å². The number of rotatable bonds is 4. The number of hydrogen-bond acceptors (Lipinski definition) is 9. The highest BCUT2D eigenvalue weighted by atomic mass is 35.5. The molecule has 5 rings (SSSR count). The molecular formula is C23H23ClN6O4. The molecule has 0 spiro atoms. The summed E-state index contributed by atoms with van der Waals surface area (Å²) in [6, 6.07) is 5.46. The van der Waals surface area contributed by atoms with Crippen molar-refractivity contribution in [2.24, 2.45) is 13.0 Å². The predicted octanol–water partition coefficient (Wildman–Crippen LogP) is 2.72. The number of aromatic nitrogens is 3. The van der Waals surface area contributed by atoms with Gasteiger partial charge in [-0.2, -0.15) is 4.98 Å². The number of benzene rings is 1. The highest BCUT2D eigenvalue weighted by molar-refractivity contribution is 6.33. The van der Waals surface area contributed by atoms with Crippen LogP contribution in [0.5, 0.6) is 0 Å². The molecule has 2 aliphatic heterocycles. The van der Waals surface area contributed by atoms with Crippen LogP contribution in [0.3, 0.4) is 0 Å². The van der Waals surface area contributed by atoms with Crippen LogP contribution in [0.15, 0.2) is 29.2 Å². The molecule has 0 amide bonds. The van der Waals surface area contributed by atoms with Crippen LogP contribution in [-0.2, 0) is 16.6 Å². The lowest BCUT2D eigenvalue weighted by Crippen LogP contribution is -2.35. The first kappa shape index (κ1) is 22.1. The largest absolute Gasteiger partial charge is 0.460 e. The predicted molar refractivity (Wildman–Crippen MR) is 129 cm³/mol. The number of aryl methyl sites for hydroxylation is 1. The smallest absolute Gasteiger partial charge is 0.346 e. The van der Waals surface area contributed by atoms with Gasteiger partial charge in [-0.05, 0) is 31.0 Å². The van der Waals surface area contributed by atoms with Gasteiger partial charge >= 0.3 is 5.97 Å². The average molecular weight is 483 g/mol. The molecule has 4 heterocycles. The van der Waals surface area contributed by atoms with Gasteiger partial charge in [0, 0.05) is 43.7 Å². The second-order valence-electron chi connectivity index (χ2n) is 8.36.